The van der Waals surface area contributed by atoms with E-state index in [4.69, 9.17) is 9.47 Å². The molecule has 0 saturated heterocycles. The monoisotopic (exact) mass is 496 g/mol. The van der Waals surface area contributed by atoms with Gasteiger partial charge in [-0.3, -0.25) is 0 Å². The Kier molecular flexibility index (Phi) is 7.88. The number of halogens is 5. The minimum atomic E-state index is -1.80. The van der Waals surface area contributed by atoms with Crippen LogP contribution in [0.25, 0.3) is 0 Å². The first kappa shape index (κ1) is 21.5. The number of rotatable bonds is 8. The molecule has 0 aliphatic heterocycles. The van der Waals surface area contributed by atoms with Gasteiger partial charge in [-0.2, -0.15) is 0 Å². The second-order valence-electron chi connectivity index (χ2n) is 5.71. The zero-order valence-electron chi connectivity index (χ0n) is 14.5. The number of carbonyl (C=O) groups is 1. The van der Waals surface area contributed by atoms with Gasteiger partial charge in [-0.15, -0.1) is 0 Å². The molecule has 8 heteroatoms. The highest BCUT2D eigenvalue weighted by Gasteiger charge is 2.29. The Morgan fingerprint density at radius 2 is 1.44 bits per heavy atom. The second-order valence-corrected chi connectivity index (χ2v) is 6.79. The molecule has 0 fully saturated rings. The maximum Gasteiger partial charge on any atom is 0.349 e. The standard InChI is InChI=1S/C19H17F4IO3/c1-2-3-4-5-10-26-11-6-8-12(9-7-11)27-19(25)13-14(20)16(22)18(24)17(23)15(13)21/h6-9H,2-5,10H2,1H3. The lowest BCUT2D eigenvalue weighted by atomic mass is 10.2. The number of ether oxygens (including phenoxy) is 2. The molecule has 0 atom stereocenters. The molecule has 0 spiro atoms. The molecule has 0 N–H and O–H groups in total. The Morgan fingerprint density at radius 3 is 2.00 bits per heavy atom. The summed E-state index contributed by atoms with van der Waals surface area (Å²) in [6.07, 6.45) is 4.22. The highest BCUT2D eigenvalue weighted by molar-refractivity contribution is 14.1. The summed E-state index contributed by atoms with van der Waals surface area (Å²) in [5.41, 5.74) is -1.42. The molecule has 0 unspecified atom stereocenters. The zero-order valence-corrected chi connectivity index (χ0v) is 16.6. The Bertz CT molecular complexity index is 781. The lowest BCUT2D eigenvalue weighted by Gasteiger charge is -2.10. The first-order chi connectivity index (χ1) is 12.9. The second kappa shape index (κ2) is 9.91. The van der Waals surface area contributed by atoms with E-state index in [0.717, 1.165) is 48.3 Å². The van der Waals surface area contributed by atoms with E-state index >= 15 is 0 Å². The number of hydrogen-bond acceptors (Lipinski definition) is 3. The van der Waals surface area contributed by atoms with Crippen LogP contribution in [0.3, 0.4) is 0 Å². The maximum absolute atomic E-state index is 13.8. The van der Waals surface area contributed by atoms with Crippen molar-refractivity contribution >= 4 is 28.6 Å². The molecule has 2 rings (SSSR count). The van der Waals surface area contributed by atoms with Crippen molar-refractivity contribution in [2.75, 3.05) is 6.61 Å². The van der Waals surface area contributed by atoms with Crippen LogP contribution >= 0.6 is 22.6 Å². The summed E-state index contributed by atoms with van der Waals surface area (Å²) in [7, 11) is 0. The molecule has 2 aromatic carbocycles. The normalized spacial score (nSPS) is 10.7. The molecule has 2 aromatic rings. The summed E-state index contributed by atoms with van der Waals surface area (Å²) in [6, 6.07) is 5.75. The molecule has 27 heavy (non-hydrogen) atoms. The van der Waals surface area contributed by atoms with Gasteiger partial charge < -0.3 is 9.47 Å². The zero-order chi connectivity index (χ0) is 20.0. The third-order valence-corrected chi connectivity index (χ3v) is 4.66. The fourth-order valence-electron chi connectivity index (χ4n) is 2.26. The van der Waals surface area contributed by atoms with Gasteiger partial charge >= 0.3 is 5.97 Å². The van der Waals surface area contributed by atoms with Gasteiger partial charge in [0.25, 0.3) is 0 Å². The minimum Gasteiger partial charge on any atom is -0.494 e. The van der Waals surface area contributed by atoms with Crippen molar-refractivity contribution < 1.29 is 31.8 Å². The van der Waals surface area contributed by atoms with Gasteiger partial charge in [0.1, 0.15) is 17.1 Å². The summed E-state index contributed by atoms with van der Waals surface area (Å²) < 4.78 is 64.3. The molecule has 0 bridgehead atoms. The van der Waals surface area contributed by atoms with E-state index < -0.39 is 38.4 Å². The van der Waals surface area contributed by atoms with E-state index in [1.807, 2.05) is 0 Å². The van der Waals surface area contributed by atoms with Crippen molar-refractivity contribution in [1.29, 1.82) is 0 Å². The van der Waals surface area contributed by atoms with Gasteiger partial charge in [-0.05, 0) is 53.3 Å². The van der Waals surface area contributed by atoms with E-state index in [1.165, 1.54) is 24.3 Å². The SMILES string of the molecule is CCCCCCOc1ccc(OC(=O)c2c(F)c(F)c(I)c(F)c2F)cc1. The van der Waals surface area contributed by atoms with E-state index in [2.05, 4.69) is 6.92 Å². The number of carbonyl (C=O) groups excluding carboxylic acids is 1. The fraction of sp³-hybridized carbons (Fsp3) is 0.316. The molecular weight excluding hydrogens is 479 g/mol. The van der Waals surface area contributed by atoms with Crippen molar-refractivity contribution in [2.24, 2.45) is 0 Å². The van der Waals surface area contributed by atoms with Crippen LogP contribution in [-0.2, 0) is 0 Å². The van der Waals surface area contributed by atoms with Gasteiger partial charge in [0.15, 0.2) is 23.3 Å². The average molecular weight is 496 g/mol. The third kappa shape index (κ3) is 5.33. The Hall–Kier alpha value is -1.84. The lowest BCUT2D eigenvalue weighted by molar-refractivity contribution is 0.0721. The quantitative estimate of drug-likeness (QED) is 0.0853. The van der Waals surface area contributed by atoms with Crippen LogP contribution in [0, 0.1) is 26.8 Å². The highest BCUT2D eigenvalue weighted by atomic mass is 127. The topological polar surface area (TPSA) is 35.5 Å². The molecule has 0 saturated carbocycles. The predicted octanol–water partition coefficient (Wildman–Crippen LogP) is 6.03. The Balaban J connectivity index is 2.05. The van der Waals surface area contributed by atoms with Crippen LogP contribution in [0.1, 0.15) is 43.0 Å². The van der Waals surface area contributed by atoms with E-state index in [-0.39, 0.29) is 5.75 Å². The largest absolute Gasteiger partial charge is 0.494 e. The molecular formula is C19H17F4IO3. The van der Waals surface area contributed by atoms with E-state index in [0.29, 0.717) is 12.4 Å². The molecule has 0 aliphatic rings. The van der Waals surface area contributed by atoms with Gasteiger partial charge in [-0.1, -0.05) is 26.2 Å². The predicted molar refractivity (Wildman–Crippen MR) is 100 cm³/mol. The van der Waals surface area contributed by atoms with Gasteiger partial charge in [0.05, 0.1) is 10.2 Å². The smallest absolute Gasteiger partial charge is 0.349 e. The van der Waals surface area contributed by atoms with Gasteiger partial charge in [0.2, 0.25) is 0 Å². The first-order valence-corrected chi connectivity index (χ1v) is 9.41. The molecule has 0 aliphatic carbocycles. The van der Waals surface area contributed by atoms with Crippen LogP contribution < -0.4 is 9.47 Å². The van der Waals surface area contributed by atoms with Crippen molar-refractivity contribution in [3.8, 4) is 11.5 Å². The summed E-state index contributed by atoms with van der Waals surface area (Å²) >= 11 is 1.11. The molecule has 0 heterocycles. The molecule has 0 radical (unpaired) electrons. The van der Waals surface area contributed by atoms with Crippen LogP contribution in [0.5, 0.6) is 11.5 Å². The number of hydrogen-bond donors (Lipinski definition) is 0. The molecule has 0 amide bonds. The van der Waals surface area contributed by atoms with Gasteiger partial charge in [0, 0.05) is 0 Å². The minimum absolute atomic E-state index is 0.0449. The number of benzene rings is 2. The average Bonchev–Trinajstić information content (AvgIpc) is 2.66. The first-order valence-electron chi connectivity index (χ1n) is 8.33. The Morgan fingerprint density at radius 1 is 0.889 bits per heavy atom. The van der Waals surface area contributed by atoms with Crippen molar-refractivity contribution in [1.82, 2.24) is 0 Å². The van der Waals surface area contributed by atoms with Crippen LogP contribution in [0.15, 0.2) is 24.3 Å². The van der Waals surface area contributed by atoms with Crippen molar-refractivity contribution in [3.63, 3.8) is 0 Å². The molecule has 146 valence electrons. The summed E-state index contributed by atoms with van der Waals surface area (Å²) in [6.45, 7) is 2.65. The van der Waals surface area contributed by atoms with Crippen molar-refractivity contribution in [3.05, 3.63) is 56.7 Å². The van der Waals surface area contributed by atoms with Crippen LogP contribution in [-0.4, -0.2) is 12.6 Å². The summed E-state index contributed by atoms with van der Waals surface area (Å²) in [4.78, 5) is 12.0. The Labute approximate surface area is 167 Å². The molecule has 3 nitrogen and oxygen atoms in total. The summed E-state index contributed by atoms with van der Waals surface area (Å²) in [5.74, 6) is -7.92. The molecule has 0 aromatic heterocycles. The fourth-order valence-corrected chi connectivity index (χ4v) is 2.74. The third-order valence-electron chi connectivity index (χ3n) is 3.71. The maximum atomic E-state index is 13.8. The van der Waals surface area contributed by atoms with Crippen LogP contribution in [0.2, 0.25) is 0 Å². The summed E-state index contributed by atoms with van der Waals surface area (Å²) in [5, 5.41) is 0. The lowest BCUT2D eigenvalue weighted by Crippen LogP contribution is -2.17. The van der Waals surface area contributed by atoms with Crippen molar-refractivity contribution in [2.45, 2.75) is 32.6 Å². The number of esters is 1. The van der Waals surface area contributed by atoms with Gasteiger partial charge in [-0.25, -0.2) is 22.4 Å². The number of unbranched alkanes of at least 4 members (excludes halogenated alkanes) is 3. The van der Waals surface area contributed by atoms with Crippen LogP contribution in [0.4, 0.5) is 17.6 Å². The highest BCUT2D eigenvalue weighted by Crippen LogP contribution is 2.27. The van der Waals surface area contributed by atoms with E-state index in [1.54, 1.807) is 0 Å². The van der Waals surface area contributed by atoms with E-state index in [9.17, 15) is 22.4 Å².